The van der Waals surface area contributed by atoms with Crippen LogP contribution in [0.25, 0.3) is 10.2 Å². The van der Waals surface area contributed by atoms with Crippen LogP contribution in [0.1, 0.15) is 6.92 Å². The quantitative estimate of drug-likeness (QED) is 0.584. The van der Waals surface area contributed by atoms with Gasteiger partial charge >= 0.3 is 0 Å². The lowest BCUT2D eigenvalue weighted by Crippen LogP contribution is -2.26. The molecular weight excluding hydrogens is 414 g/mol. The predicted molar refractivity (Wildman–Crippen MR) is 112 cm³/mol. The number of thiazole rings is 1. The van der Waals surface area contributed by atoms with Gasteiger partial charge in [0.1, 0.15) is 0 Å². The minimum absolute atomic E-state index is 0.190. The summed E-state index contributed by atoms with van der Waals surface area (Å²) in [6, 6.07) is 11.7. The SMILES string of the molecule is CCN(C)S(=O)(=O)c1ccc2nc(NC(=O)COc3ccccc3OC)sc2c1. The first-order valence-electron chi connectivity index (χ1n) is 8.77. The Labute approximate surface area is 173 Å². The standard InChI is InChI=1S/C19H21N3O5S2/c1-4-22(2)29(24,25)13-9-10-14-17(11-13)28-19(20-14)21-18(23)12-27-16-8-6-5-7-15(16)26-3/h5-11H,4,12H2,1-3H3,(H,20,21,23). The third-order valence-corrected chi connectivity index (χ3v) is 7.05. The number of hydrogen-bond acceptors (Lipinski definition) is 7. The molecule has 2 aromatic carbocycles. The van der Waals surface area contributed by atoms with Crippen molar-refractivity contribution in [3.05, 3.63) is 42.5 Å². The number of ether oxygens (including phenoxy) is 2. The molecule has 3 aromatic rings. The van der Waals surface area contributed by atoms with Crippen molar-refractivity contribution in [1.29, 1.82) is 0 Å². The van der Waals surface area contributed by atoms with Gasteiger partial charge in [-0.15, -0.1) is 0 Å². The van der Waals surface area contributed by atoms with Gasteiger partial charge in [-0.2, -0.15) is 0 Å². The predicted octanol–water partition coefficient (Wildman–Crippen LogP) is 2.96. The summed E-state index contributed by atoms with van der Waals surface area (Å²) >= 11 is 1.20. The molecule has 10 heteroatoms. The number of carbonyl (C=O) groups excluding carboxylic acids is 1. The number of fused-ring (bicyclic) bond motifs is 1. The number of rotatable bonds is 8. The lowest BCUT2D eigenvalue weighted by molar-refractivity contribution is -0.118. The van der Waals surface area contributed by atoms with E-state index in [1.54, 1.807) is 43.3 Å². The Balaban J connectivity index is 1.71. The topological polar surface area (TPSA) is 97.8 Å². The Morgan fingerprint density at radius 1 is 1.21 bits per heavy atom. The van der Waals surface area contributed by atoms with Crippen molar-refractivity contribution in [2.75, 3.05) is 32.6 Å². The van der Waals surface area contributed by atoms with E-state index in [0.717, 1.165) is 0 Å². The molecule has 0 unspecified atom stereocenters. The van der Waals surface area contributed by atoms with Crippen LogP contribution in [0.15, 0.2) is 47.4 Å². The Morgan fingerprint density at radius 3 is 2.62 bits per heavy atom. The zero-order valence-electron chi connectivity index (χ0n) is 16.2. The summed E-state index contributed by atoms with van der Waals surface area (Å²) in [6.45, 7) is 1.93. The van der Waals surface area contributed by atoms with Crippen molar-refractivity contribution in [3.8, 4) is 11.5 Å². The second kappa shape index (κ2) is 8.76. The third kappa shape index (κ3) is 4.66. The van der Waals surface area contributed by atoms with Gasteiger partial charge in [0.15, 0.2) is 23.2 Å². The summed E-state index contributed by atoms with van der Waals surface area (Å²) in [6.07, 6.45) is 0. The molecule has 3 rings (SSSR count). The van der Waals surface area contributed by atoms with Crippen LogP contribution in [0.2, 0.25) is 0 Å². The van der Waals surface area contributed by atoms with Gasteiger partial charge in [-0.05, 0) is 30.3 Å². The molecule has 0 fully saturated rings. The molecule has 8 nitrogen and oxygen atoms in total. The number of hydrogen-bond donors (Lipinski definition) is 1. The van der Waals surface area contributed by atoms with Crippen molar-refractivity contribution >= 4 is 42.6 Å². The van der Waals surface area contributed by atoms with Gasteiger partial charge in [0, 0.05) is 13.6 Å². The molecule has 154 valence electrons. The molecule has 0 radical (unpaired) electrons. The van der Waals surface area contributed by atoms with Crippen molar-refractivity contribution in [2.45, 2.75) is 11.8 Å². The molecule has 0 spiro atoms. The fourth-order valence-corrected chi connectivity index (χ4v) is 4.71. The highest BCUT2D eigenvalue weighted by Crippen LogP contribution is 2.29. The van der Waals surface area contributed by atoms with Gasteiger partial charge in [-0.25, -0.2) is 17.7 Å². The number of anilines is 1. The molecule has 0 atom stereocenters. The molecule has 0 aliphatic carbocycles. The summed E-state index contributed by atoms with van der Waals surface area (Å²) in [7, 11) is -0.496. The maximum absolute atomic E-state index is 12.5. The number of nitrogens with one attached hydrogen (secondary N) is 1. The van der Waals surface area contributed by atoms with E-state index >= 15 is 0 Å². The van der Waals surface area contributed by atoms with Crippen LogP contribution in [0, 0.1) is 0 Å². The van der Waals surface area contributed by atoms with Crippen LogP contribution in [0.3, 0.4) is 0 Å². The zero-order valence-corrected chi connectivity index (χ0v) is 17.8. The number of para-hydroxylation sites is 2. The molecule has 1 amide bonds. The summed E-state index contributed by atoms with van der Waals surface area (Å²) in [4.78, 5) is 16.7. The first kappa shape index (κ1) is 21.0. The van der Waals surface area contributed by atoms with E-state index in [9.17, 15) is 13.2 Å². The number of nitrogens with zero attached hydrogens (tertiary/aromatic N) is 2. The van der Waals surface area contributed by atoms with E-state index in [-0.39, 0.29) is 17.4 Å². The van der Waals surface area contributed by atoms with Crippen molar-refractivity contribution in [2.24, 2.45) is 0 Å². The molecule has 1 heterocycles. The molecule has 0 aliphatic heterocycles. The van der Waals surface area contributed by atoms with Crippen LogP contribution in [0.5, 0.6) is 11.5 Å². The average Bonchev–Trinajstić information content (AvgIpc) is 3.12. The van der Waals surface area contributed by atoms with Crippen molar-refractivity contribution in [1.82, 2.24) is 9.29 Å². The minimum atomic E-state index is -3.55. The molecule has 29 heavy (non-hydrogen) atoms. The lowest BCUT2D eigenvalue weighted by atomic mass is 10.3. The van der Waals surface area contributed by atoms with Gasteiger partial charge in [-0.1, -0.05) is 30.4 Å². The molecule has 1 aromatic heterocycles. The van der Waals surface area contributed by atoms with Crippen molar-refractivity contribution < 1.29 is 22.7 Å². The zero-order chi connectivity index (χ0) is 21.0. The number of amides is 1. The highest BCUT2D eigenvalue weighted by molar-refractivity contribution is 7.89. The Bertz CT molecular complexity index is 1130. The fourth-order valence-electron chi connectivity index (χ4n) is 2.51. The summed E-state index contributed by atoms with van der Waals surface area (Å²) in [5.74, 6) is 0.615. The molecule has 0 saturated heterocycles. The van der Waals surface area contributed by atoms with E-state index in [4.69, 9.17) is 9.47 Å². The highest BCUT2D eigenvalue weighted by atomic mass is 32.2. The van der Waals surface area contributed by atoms with E-state index < -0.39 is 10.0 Å². The Morgan fingerprint density at radius 2 is 1.93 bits per heavy atom. The van der Waals surface area contributed by atoms with Crippen LogP contribution >= 0.6 is 11.3 Å². The van der Waals surface area contributed by atoms with Crippen LogP contribution in [0.4, 0.5) is 5.13 Å². The molecule has 0 saturated carbocycles. The maximum atomic E-state index is 12.5. The number of methoxy groups -OCH3 is 1. The number of carbonyl (C=O) groups is 1. The molecule has 1 N–H and O–H groups in total. The second-order valence-corrected chi connectivity index (χ2v) is 9.13. The van der Waals surface area contributed by atoms with Crippen LogP contribution in [-0.2, 0) is 14.8 Å². The summed E-state index contributed by atoms with van der Waals surface area (Å²) in [5, 5.41) is 3.04. The maximum Gasteiger partial charge on any atom is 0.264 e. The number of sulfonamides is 1. The van der Waals surface area contributed by atoms with Gasteiger partial charge in [0.2, 0.25) is 10.0 Å². The van der Waals surface area contributed by atoms with Crippen LogP contribution in [-0.4, -0.2) is 50.9 Å². The third-order valence-electron chi connectivity index (χ3n) is 4.19. The minimum Gasteiger partial charge on any atom is -0.493 e. The van der Waals surface area contributed by atoms with Crippen LogP contribution < -0.4 is 14.8 Å². The Kier molecular flexibility index (Phi) is 6.36. The average molecular weight is 436 g/mol. The first-order chi connectivity index (χ1) is 13.8. The fraction of sp³-hybridized carbons (Fsp3) is 0.263. The van der Waals surface area contributed by atoms with E-state index in [1.807, 2.05) is 0 Å². The van der Waals surface area contributed by atoms with Gasteiger partial charge in [0.05, 0.1) is 22.2 Å². The Hall–Kier alpha value is -2.69. The second-order valence-electron chi connectivity index (χ2n) is 6.06. The van der Waals surface area contributed by atoms with E-state index in [2.05, 4.69) is 10.3 Å². The first-order valence-corrected chi connectivity index (χ1v) is 11.0. The highest BCUT2D eigenvalue weighted by Gasteiger charge is 2.20. The van der Waals surface area contributed by atoms with E-state index in [0.29, 0.717) is 33.4 Å². The smallest absolute Gasteiger partial charge is 0.264 e. The van der Waals surface area contributed by atoms with Crippen molar-refractivity contribution in [3.63, 3.8) is 0 Å². The van der Waals surface area contributed by atoms with E-state index in [1.165, 1.54) is 35.9 Å². The summed E-state index contributed by atoms with van der Waals surface area (Å²) < 4.78 is 37.6. The molecule has 0 aliphatic rings. The number of benzene rings is 2. The van der Waals surface area contributed by atoms with Gasteiger partial charge in [0.25, 0.3) is 5.91 Å². The monoisotopic (exact) mass is 435 g/mol. The molecule has 0 bridgehead atoms. The molecular formula is C19H21N3O5S2. The lowest BCUT2D eigenvalue weighted by Gasteiger charge is -2.14. The summed E-state index contributed by atoms with van der Waals surface area (Å²) in [5.41, 5.74) is 0.606. The van der Waals surface area contributed by atoms with Gasteiger partial charge < -0.3 is 9.47 Å². The number of aromatic nitrogens is 1. The van der Waals surface area contributed by atoms with Gasteiger partial charge in [-0.3, -0.25) is 10.1 Å². The largest absolute Gasteiger partial charge is 0.493 e. The normalized spacial score (nSPS) is 11.6.